The molecule has 3 heterocycles. The molecule has 1 fully saturated rings. The second-order valence-corrected chi connectivity index (χ2v) is 10.8. The minimum absolute atomic E-state index is 0.135. The Labute approximate surface area is 246 Å². The number of carbonyl (C=O) groups excluding carboxylic acids is 1. The Morgan fingerprint density at radius 3 is 2.80 bits per heavy atom. The third-order valence-corrected chi connectivity index (χ3v) is 7.74. The number of rotatable bonds is 12. The van der Waals surface area contributed by atoms with Crippen molar-refractivity contribution in [3.8, 4) is 28.4 Å². The summed E-state index contributed by atoms with van der Waals surface area (Å²) >= 11 is 6.66. The van der Waals surface area contributed by atoms with Gasteiger partial charge in [-0.2, -0.15) is 0 Å². The van der Waals surface area contributed by atoms with Gasteiger partial charge < -0.3 is 29.3 Å². The van der Waals surface area contributed by atoms with Crippen molar-refractivity contribution in [2.24, 2.45) is 0 Å². The van der Waals surface area contributed by atoms with Crippen LogP contribution in [0.2, 0.25) is 5.02 Å². The lowest BCUT2D eigenvalue weighted by Crippen LogP contribution is -2.36. The summed E-state index contributed by atoms with van der Waals surface area (Å²) in [7, 11) is 1.77. The second-order valence-electron chi connectivity index (χ2n) is 10.4. The number of halogens is 1. The van der Waals surface area contributed by atoms with E-state index in [-0.39, 0.29) is 18.7 Å². The molecule has 0 unspecified atom stereocenters. The standard InChI is InChI=1S/C30H40ClN5O5/c1-6-39-30(38)36-14-8-10-21(36)9-7-11-26-18(2)28(27-19(3)35-41-20(27)4)34-29(33-26)24-15-23(12-13-25(24)31)40-17-22(37)16-32-5/h12-13,15,21-22,32,37H,6-11,14,16-17H2,1-5H3/t21-,22+/m0/s1. The first-order valence-corrected chi connectivity index (χ1v) is 14.6. The van der Waals surface area contributed by atoms with Crippen LogP contribution in [0, 0.1) is 20.8 Å². The zero-order valence-electron chi connectivity index (χ0n) is 24.5. The lowest BCUT2D eigenvalue weighted by atomic mass is 9.99. The molecule has 1 aliphatic heterocycles. The number of hydrogen-bond acceptors (Lipinski definition) is 9. The molecule has 1 amide bonds. The number of amides is 1. The molecule has 1 saturated heterocycles. The smallest absolute Gasteiger partial charge is 0.409 e. The molecule has 0 radical (unpaired) electrons. The van der Waals surface area contributed by atoms with E-state index in [1.807, 2.05) is 32.6 Å². The van der Waals surface area contributed by atoms with Crippen LogP contribution in [0.25, 0.3) is 22.6 Å². The molecule has 0 saturated carbocycles. The van der Waals surface area contributed by atoms with Crippen molar-refractivity contribution in [1.82, 2.24) is 25.3 Å². The van der Waals surface area contributed by atoms with Crippen LogP contribution < -0.4 is 10.1 Å². The largest absolute Gasteiger partial charge is 0.491 e. The van der Waals surface area contributed by atoms with Crippen molar-refractivity contribution in [1.29, 1.82) is 0 Å². The van der Waals surface area contributed by atoms with Gasteiger partial charge in [-0.1, -0.05) is 16.8 Å². The number of nitrogens with zero attached hydrogens (tertiary/aromatic N) is 4. The maximum Gasteiger partial charge on any atom is 0.409 e. The fraction of sp³-hybridized carbons (Fsp3) is 0.533. The minimum atomic E-state index is -0.646. The van der Waals surface area contributed by atoms with Gasteiger partial charge in [-0.05, 0) is 90.6 Å². The third-order valence-electron chi connectivity index (χ3n) is 7.41. The zero-order valence-corrected chi connectivity index (χ0v) is 25.3. The molecule has 0 bridgehead atoms. The van der Waals surface area contributed by atoms with Gasteiger partial charge in [0.15, 0.2) is 5.82 Å². The molecular formula is C30H40ClN5O5. The van der Waals surface area contributed by atoms with E-state index in [2.05, 4.69) is 10.5 Å². The van der Waals surface area contributed by atoms with Crippen molar-refractivity contribution in [3.63, 3.8) is 0 Å². The van der Waals surface area contributed by atoms with Crippen LogP contribution in [0.15, 0.2) is 22.7 Å². The summed E-state index contributed by atoms with van der Waals surface area (Å²) in [4.78, 5) is 24.2. The van der Waals surface area contributed by atoms with Gasteiger partial charge >= 0.3 is 6.09 Å². The number of likely N-dealkylation sites (N-methyl/N-ethyl adjacent to an activating group) is 1. The van der Waals surface area contributed by atoms with Gasteiger partial charge in [0.25, 0.3) is 0 Å². The first kappa shape index (κ1) is 30.7. The van der Waals surface area contributed by atoms with E-state index < -0.39 is 6.10 Å². The van der Waals surface area contributed by atoms with Crippen LogP contribution >= 0.6 is 11.6 Å². The zero-order chi connectivity index (χ0) is 29.5. The van der Waals surface area contributed by atoms with Crippen molar-refractivity contribution in [2.45, 2.75) is 71.9 Å². The van der Waals surface area contributed by atoms with Gasteiger partial charge in [-0.3, -0.25) is 0 Å². The van der Waals surface area contributed by atoms with E-state index in [4.69, 9.17) is 35.6 Å². The van der Waals surface area contributed by atoms with Gasteiger partial charge in [-0.25, -0.2) is 14.8 Å². The highest BCUT2D eigenvalue weighted by atomic mass is 35.5. The lowest BCUT2D eigenvalue weighted by Gasteiger charge is -2.24. The molecule has 0 aliphatic carbocycles. The fourth-order valence-corrected chi connectivity index (χ4v) is 5.53. The van der Waals surface area contributed by atoms with E-state index in [1.165, 1.54) is 0 Å². The number of ether oxygens (including phenoxy) is 2. The van der Waals surface area contributed by atoms with Crippen LogP contribution in [0.4, 0.5) is 4.79 Å². The molecule has 3 aromatic rings. The van der Waals surface area contributed by atoms with Gasteiger partial charge in [0.1, 0.15) is 24.2 Å². The monoisotopic (exact) mass is 585 g/mol. The first-order valence-electron chi connectivity index (χ1n) is 14.2. The molecule has 1 aliphatic rings. The van der Waals surface area contributed by atoms with Crippen LogP contribution in [0.1, 0.15) is 55.3 Å². The number of aryl methyl sites for hydroxylation is 3. The van der Waals surface area contributed by atoms with Crippen molar-refractivity contribution in [3.05, 3.63) is 45.9 Å². The van der Waals surface area contributed by atoms with Crippen LogP contribution in [-0.4, -0.2) is 76.7 Å². The Bertz CT molecular complexity index is 1330. The summed E-state index contributed by atoms with van der Waals surface area (Å²) in [5, 5.41) is 17.6. The summed E-state index contributed by atoms with van der Waals surface area (Å²) in [6.07, 6.45) is 3.49. The number of likely N-dealkylation sites (tertiary alicyclic amines) is 1. The number of aliphatic hydroxyl groups is 1. The summed E-state index contributed by atoms with van der Waals surface area (Å²) in [6.45, 7) is 9.29. The van der Waals surface area contributed by atoms with Crippen molar-refractivity contribution < 1.29 is 23.9 Å². The van der Waals surface area contributed by atoms with E-state index in [1.54, 1.807) is 25.2 Å². The quantitative estimate of drug-likeness (QED) is 0.292. The highest BCUT2D eigenvalue weighted by Crippen LogP contribution is 2.35. The Morgan fingerprint density at radius 2 is 2.10 bits per heavy atom. The van der Waals surface area contributed by atoms with Gasteiger partial charge in [0.05, 0.1) is 28.6 Å². The molecule has 2 aromatic heterocycles. The second kappa shape index (κ2) is 14.1. The maximum atomic E-state index is 12.4. The fourth-order valence-electron chi connectivity index (χ4n) is 5.33. The van der Waals surface area contributed by atoms with E-state index in [0.29, 0.717) is 47.5 Å². The molecule has 2 atom stereocenters. The predicted molar refractivity (Wildman–Crippen MR) is 157 cm³/mol. The van der Waals surface area contributed by atoms with E-state index in [0.717, 1.165) is 60.4 Å². The Hall–Kier alpha value is -3.21. The Kier molecular flexibility index (Phi) is 10.6. The van der Waals surface area contributed by atoms with Crippen molar-refractivity contribution in [2.75, 3.05) is 33.4 Å². The van der Waals surface area contributed by atoms with E-state index in [9.17, 15) is 9.90 Å². The molecule has 11 heteroatoms. The van der Waals surface area contributed by atoms with Gasteiger partial charge in [0.2, 0.25) is 0 Å². The van der Waals surface area contributed by atoms with Gasteiger partial charge in [-0.15, -0.1) is 0 Å². The summed E-state index contributed by atoms with van der Waals surface area (Å²) in [5.74, 6) is 1.71. The number of carbonyl (C=O) groups is 1. The maximum absolute atomic E-state index is 12.4. The Balaban J connectivity index is 1.64. The molecule has 4 rings (SSSR count). The number of aromatic nitrogens is 3. The van der Waals surface area contributed by atoms with Gasteiger partial charge in [0, 0.05) is 30.4 Å². The highest BCUT2D eigenvalue weighted by molar-refractivity contribution is 6.33. The SMILES string of the molecule is CCOC(=O)N1CCC[C@@H]1CCCc1nc(-c2cc(OC[C@H](O)CNC)ccc2Cl)nc(-c2c(C)noc2C)c1C. The topological polar surface area (TPSA) is 123 Å². The average molecular weight is 586 g/mol. The van der Waals surface area contributed by atoms with Crippen molar-refractivity contribution >= 4 is 17.7 Å². The number of aliphatic hydroxyl groups excluding tert-OH is 1. The first-order chi connectivity index (χ1) is 19.7. The van der Waals surface area contributed by atoms with E-state index >= 15 is 0 Å². The molecule has 222 valence electrons. The molecule has 2 N–H and O–H groups in total. The molecular weight excluding hydrogens is 546 g/mol. The number of hydrogen-bond donors (Lipinski definition) is 2. The minimum Gasteiger partial charge on any atom is -0.491 e. The lowest BCUT2D eigenvalue weighted by molar-refractivity contribution is 0.101. The molecule has 0 spiro atoms. The molecule has 10 nitrogen and oxygen atoms in total. The number of benzene rings is 1. The molecule has 41 heavy (non-hydrogen) atoms. The number of nitrogens with one attached hydrogen (secondary N) is 1. The Morgan fingerprint density at radius 1 is 1.29 bits per heavy atom. The van der Waals surface area contributed by atoms with Crippen LogP contribution in [0.3, 0.4) is 0 Å². The predicted octanol–water partition coefficient (Wildman–Crippen LogP) is 5.28. The average Bonchev–Trinajstić information content (AvgIpc) is 3.55. The van der Waals surface area contributed by atoms with Crippen LogP contribution in [0.5, 0.6) is 5.75 Å². The highest BCUT2D eigenvalue weighted by Gasteiger charge is 2.29. The third kappa shape index (κ3) is 7.36. The summed E-state index contributed by atoms with van der Waals surface area (Å²) < 4.78 is 16.6. The summed E-state index contributed by atoms with van der Waals surface area (Å²) in [5.41, 5.74) is 4.83. The molecule has 1 aromatic carbocycles. The normalized spacial score (nSPS) is 15.8. The summed E-state index contributed by atoms with van der Waals surface area (Å²) in [6, 6.07) is 5.48. The van der Waals surface area contributed by atoms with Crippen LogP contribution in [-0.2, 0) is 11.2 Å².